The van der Waals surface area contributed by atoms with Crippen LogP contribution in [0.25, 0.3) is 0 Å². The van der Waals surface area contributed by atoms with Gasteiger partial charge in [-0.3, -0.25) is 4.79 Å². The number of hydrogen-bond donors (Lipinski definition) is 0. The van der Waals surface area contributed by atoms with Crippen LogP contribution >= 0.6 is 11.8 Å². The number of aldehydes is 1. The second-order valence-corrected chi connectivity index (χ2v) is 4.98. The van der Waals surface area contributed by atoms with Crippen molar-refractivity contribution in [3.05, 3.63) is 59.9 Å². The average molecular weight is 276 g/mol. The van der Waals surface area contributed by atoms with E-state index < -0.39 is 5.82 Å². The van der Waals surface area contributed by atoms with Crippen molar-refractivity contribution < 1.29 is 13.9 Å². The molecule has 0 bridgehead atoms. The third kappa shape index (κ3) is 4.10. The molecule has 19 heavy (non-hydrogen) atoms. The van der Waals surface area contributed by atoms with Crippen LogP contribution in [-0.4, -0.2) is 18.6 Å². The van der Waals surface area contributed by atoms with E-state index in [0.717, 1.165) is 5.75 Å². The van der Waals surface area contributed by atoms with E-state index in [1.165, 1.54) is 23.1 Å². The van der Waals surface area contributed by atoms with Crippen LogP contribution in [0, 0.1) is 5.82 Å². The van der Waals surface area contributed by atoms with Crippen LogP contribution in [0.3, 0.4) is 0 Å². The first-order valence-corrected chi connectivity index (χ1v) is 6.83. The standard InChI is InChI=1S/C15H13FO2S/c16-13-6-7-15(12(10-13)11-17)18-8-9-19-14-4-2-1-3-5-14/h1-7,10-11H,8-9H2. The van der Waals surface area contributed by atoms with E-state index in [1.54, 1.807) is 11.8 Å². The molecule has 0 aromatic heterocycles. The molecule has 0 spiro atoms. The highest BCUT2D eigenvalue weighted by Gasteiger charge is 2.04. The smallest absolute Gasteiger partial charge is 0.153 e. The van der Waals surface area contributed by atoms with Crippen LogP contribution in [0.4, 0.5) is 4.39 Å². The van der Waals surface area contributed by atoms with Crippen LogP contribution in [0.5, 0.6) is 5.75 Å². The lowest BCUT2D eigenvalue weighted by Crippen LogP contribution is -2.02. The molecular weight excluding hydrogens is 263 g/mol. The fourth-order valence-corrected chi connectivity index (χ4v) is 2.32. The quantitative estimate of drug-likeness (QED) is 0.456. The van der Waals surface area contributed by atoms with E-state index in [4.69, 9.17) is 4.74 Å². The maximum Gasteiger partial charge on any atom is 0.153 e. The summed E-state index contributed by atoms with van der Waals surface area (Å²) in [6, 6.07) is 13.9. The first-order chi connectivity index (χ1) is 9.29. The molecule has 0 saturated heterocycles. The number of benzene rings is 2. The molecule has 0 aliphatic carbocycles. The molecular formula is C15H13FO2S. The fourth-order valence-electron chi connectivity index (χ4n) is 1.57. The number of carbonyl (C=O) groups is 1. The number of thioether (sulfide) groups is 1. The van der Waals surface area contributed by atoms with E-state index in [2.05, 4.69) is 0 Å². The number of hydrogen-bond acceptors (Lipinski definition) is 3. The van der Waals surface area contributed by atoms with Crippen LogP contribution in [-0.2, 0) is 0 Å². The Bertz CT molecular complexity index is 543. The molecule has 2 aromatic carbocycles. The maximum absolute atomic E-state index is 12.9. The molecule has 0 amide bonds. The van der Waals surface area contributed by atoms with Gasteiger partial charge >= 0.3 is 0 Å². The Balaban J connectivity index is 1.84. The predicted octanol–water partition coefficient (Wildman–Crippen LogP) is 3.81. The van der Waals surface area contributed by atoms with E-state index in [-0.39, 0.29) is 5.56 Å². The Kier molecular flexibility index (Phi) is 4.98. The minimum Gasteiger partial charge on any atom is -0.492 e. The molecule has 0 heterocycles. The number of ether oxygens (including phenoxy) is 1. The molecule has 4 heteroatoms. The summed E-state index contributed by atoms with van der Waals surface area (Å²) in [5, 5.41) is 0. The van der Waals surface area contributed by atoms with Crippen molar-refractivity contribution >= 4 is 18.0 Å². The van der Waals surface area contributed by atoms with Crippen molar-refractivity contribution in [1.29, 1.82) is 0 Å². The molecule has 0 N–H and O–H groups in total. The van der Waals surface area contributed by atoms with Crippen molar-refractivity contribution in [1.82, 2.24) is 0 Å². The molecule has 98 valence electrons. The Hall–Kier alpha value is -1.81. The fraction of sp³-hybridized carbons (Fsp3) is 0.133. The van der Waals surface area contributed by atoms with Gasteiger partial charge in [0.1, 0.15) is 11.6 Å². The van der Waals surface area contributed by atoms with Gasteiger partial charge in [-0.1, -0.05) is 18.2 Å². The van der Waals surface area contributed by atoms with Gasteiger partial charge in [-0.15, -0.1) is 11.8 Å². The number of rotatable bonds is 6. The van der Waals surface area contributed by atoms with Crippen molar-refractivity contribution in [3.63, 3.8) is 0 Å². The van der Waals surface area contributed by atoms with Gasteiger partial charge in [0, 0.05) is 10.6 Å². The lowest BCUT2D eigenvalue weighted by Gasteiger charge is -2.08. The molecule has 2 aromatic rings. The SMILES string of the molecule is O=Cc1cc(F)ccc1OCCSc1ccccc1. The Morgan fingerprint density at radius 2 is 1.95 bits per heavy atom. The van der Waals surface area contributed by atoms with Gasteiger partial charge in [-0.25, -0.2) is 4.39 Å². The van der Waals surface area contributed by atoms with Gasteiger partial charge in [0.25, 0.3) is 0 Å². The van der Waals surface area contributed by atoms with Gasteiger partial charge in [0.15, 0.2) is 6.29 Å². The third-order valence-corrected chi connectivity index (χ3v) is 3.43. The monoisotopic (exact) mass is 276 g/mol. The summed E-state index contributed by atoms with van der Waals surface area (Å²) in [6.45, 7) is 0.464. The summed E-state index contributed by atoms with van der Waals surface area (Å²) < 4.78 is 18.4. The van der Waals surface area contributed by atoms with E-state index in [9.17, 15) is 9.18 Å². The van der Waals surface area contributed by atoms with Crippen LogP contribution in [0.1, 0.15) is 10.4 Å². The molecule has 0 saturated carbocycles. The Morgan fingerprint density at radius 3 is 2.68 bits per heavy atom. The first-order valence-electron chi connectivity index (χ1n) is 5.85. The number of halogens is 1. The predicted molar refractivity (Wildman–Crippen MR) is 74.4 cm³/mol. The molecule has 2 rings (SSSR count). The molecule has 0 aliphatic rings. The molecule has 0 fully saturated rings. The highest BCUT2D eigenvalue weighted by Crippen LogP contribution is 2.20. The van der Waals surface area contributed by atoms with Crippen molar-refractivity contribution in [2.75, 3.05) is 12.4 Å². The summed E-state index contributed by atoms with van der Waals surface area (Å²) in [6.07, 6.45) is 0.600. The minimum absolute atomic E-state index is 0.240. The van der Waals surface area contributed by atoms with Gasteiger partial charge in [-0.2, -0.15) is 0 Å². The summed E-state index contributed by atoms with van der Waals surface area (Å²) in [7, 11) is 0. The van der Waals surface area contributed by atoms with Gasteiger partial charge in [-0.05, 0) is 30.3 Å². The molecule has 0 atom stereocenters. The Labute approximate surface area is 115 Å². The Morgan fingerprint density at radius 1 is 1.16 bits per heavy atom. The zero-order chi connectivity index (χ0) is 13.5. The topological polar surface area (TPSA) is 26.3 Å². The average Bonchev–Trinajstić information content (AvgIpc) is 2.46. The first kappa shape index (κ1) is 13.6. The van der Waals surface area contributed by atoms with E-state index in [1.807, 2.05) is 30.3 Å². The number of carbonyl (C=O) groups excluding carboxylic acids is 1. The summed E-state index contributed by atoms with van der Waals surface area (Å²) >= 11 is 1.67. The summed E-state index contributed by atoms with van der Waals surface area (Å²) in [5.74, 6) is 0.748. The minimum atomic E-state index is -0.437. The summed E-state index contributed by atoms with van der Waals surface area (Å²) in [5.41, 5.74) is 0.240. The molecule has 0 aliphatic heterocycles. The second kappa shape index (κ2) is 6.95. The maximum atomic E-state index is 12.9. The molecule has 0 radical (unpaired) electrons. The van der Waals surface area contributed by atoms with Crippen molar-refractivity contribution in [2.45, 2.75) is 4.90 Å². The molecule has 0 unspecified atom stereocenters. The van der Waals surface area contributed by atoms with Gasteiger partial charge in [0.05, 0.1) is 12.2 Å². The van der Waals surface area contributed by atoms with Crippen molar-refractivity contribution in [2.24, 2.45) is 0 Å². The normalized spacial score (nSPS) is 10.2. The van der Waals surface area contributed by atoms with Crippen LogP contribution in [0.15, 0.2) is 53.4 Å². The zero-order valence-electron chi connectivity index (χ0n) is 10.2. The highest BCUT2D eigenvalue weighted by molar-refractivity contribution is 7.99. The lowest BCUT2D eigenvalue weighted by molar-refractivity contribution is 0.111. The van der Waals surface area contributed by atoms with Gasteiger partial charge < -0.3 is 4.74 Å². The van der Waals surface area contributed by atoms with Gasteiger partial charge in [0.2, 0.25) is 0 Å². The summed E-state index contributed by atoms with van der Waals surface area (Å²) in [4.78, 5) is 11.9. The highest BCUT2D eigenvalue weighted by atomic mass is 32.2. The van der Waals surface area contributed by atoms with Crippen LogP contribution in [0.2, 0.25) is 0 Å². The molecule has 2 nitrogen and oxygen atoms in total. The largest absolute Gasteiger partial charge is 0.492 e. The van der Waals surface area contributed by atoms with Crippen molar-refractivity contribution in [3.8, 4) is 5.75 Å². The third-order valence-electron chi connectivity index (χ3n) is 2.45. The van der Waals surface area contributed by atoms with E-state index in [0.29, 0.717) is 18.6 Å². The van der Waals surface area contributed by atoms with E-state index >= 15 is 0 Å². The lowest BCUT2D eigenvalue weighted by atomic mass is 10.2. The van der Waals surface area contributed by atoms with Crippen LogP contribution < -0.4 is 4.74 Å². The zero-order valence-corrected chi connectivity index (χ0v) is 11.0. The second-order valence-electron chi connectivity index (χ2n) is 3.81.